The molecule has 3 N–H and O–H groups in total. The van der Waals surface area contributed by atoms with Gasteiger partial charge in [0.25, 0.3) is 0 Å². The molecule has 0 unspecified atom stereocenters. The molecule has 0 bridgehead atoms. The highest BCUT2D eigenvalue weighted by Gasteiger charge is 2.50. The van der Waals surface area contributed by atoms with Crippen molar-refractivity contribution in [3.63, 3.8) is 0 Å². The molecule has 1 aliphatic heterocycles. The summed E-state index contributed by atoms with van der Waals surface area (Å²) in [4.78, 5) is 37.7. The molecule has 38 heavy (non-hydrogen) atoms. The predicted molar refractivity (Wildman–Crippen MR) is 133 cm³/mol. The summed E-state index contributed by atoms with van der Waals surface area (Å²) in [6.45, 7) is 6.11. The van der Waals surface area contributed by atoms with Gasteiger partial charge in [-0.05, 0) is 49.6 Å². The second-order valence-electron chi connectivity index (χ2n) is 9.73. The Labute approximate surface area is 219 Å². The number of aliphatic hydroxyl groups is 1. The van der Waals surface area contributed by atoms with Crippen LogP contribution in [0.4, 0.5) is 0 Å². The molecule has 10 nitrogen and oxygen atoms in total. The van der Waals surface area contributed by atoms with Gasteiger partial charge in [0.15, 0.2) is 12.2 Å². The van der Waals surface area contributed by atoms with Gasteiger partial charge < -0.3 is 34.3 Å². The van der Waals surface area contributed by atoms with Crippen LogP contribution in [0.2, 0.25) is 0 Å². The number of carbonyl (C=O) groups is 3. The van der Waals surface area contributed by atoms with Crippen molar-refractivity contribution >= 4 is 17.7 Å². The number of allylic oxidation sites excluding steroid dienone is 1. The maximum absolute atomic E-state index is 13.5. The number of aromatic hydroxyl groups is 2. The van der Waals surface area contributed by atoms with Crippen LogP contribution >= 0.6 is 0 Å². The van der Waals surface area contributed by atoms with E-state index in [0.29, 0.717) is 22.3 Å². The minimum absolute atomic E-state index is 0.0374. The van der Waals surface area contributed by atoms with E-state index in [1.54, 1.807) is 32.9 Å². The standard InChI is InChI=1S/C28H30O10/c1-12(2)6-21(32)38-27-20(37-14(4)29)11-36-28(26(27)34)22-16-7-13(3)8-18(30)23(16)25(33)24-17(22)9-15(35-5)10-19(24)31/h6-10,20,22,26-28,30-31,34H,11H2,1-5H3/t20-,22+,26+,27-,28+/m0/s1. The average Bonchev–Trinajstić information content (AvgIpc) is 2.80. The number of ether oxygens (including phenoxy) is 4. The van der Waals surface area contributed by atoms with E-state index in [1.807, 2.05) is 0 Å². The van der Waals surface area contributed by atoms with Gasteiger partial charge >= 0.3 is 11.9 Å². The molecule has 4 rings (SSSR count). The van der Waals surface area contributed by atoms with Gasteiger partial charge in [-0.2, -0.15) is 0 Å². The number of carbonyl (C=O) groups excluding carboxylic acids is 3. The average molecular weight is 527 g/mol. The van der Waals surface area contributed by atoms with Gasteiger partial charge in [-0.1, -0.05) is 11.6 Å². The van der Waals surface area contributed by atoms with Gasteiger partial charge in [0, 0.05) is 25.0 Å². The number of phenols is 2. The van der Waals surface area contributed by atoms with Crippen LogP contribution in [0.25, 0.3) is 0 Å². The predicted octanol–water partition coefficient (Wildman–Crippen LogP) is 2.66. The Kier molecular flexibility index (Phi) is 7.48. The van der Waals surface area contributed by atoms with Crippen molar-refractivity contribution in [2.75, 3.05) is 13.7 Å². The number of esters is 2. The number of aliphatic hydroxyl groups excluding tert-OH is 1. The van der Waals surface area contributed by atoms with Crippen LogP contribution in [0, 0.1) is 6.92 Å². The quantitative estimate of drug-likeness (QED) is 0.392. The molecule has 202 valence electrons. The van der Waals surface area contributed by atoms with Gasteiger partial charge in [-0.3, -0.25) is 9.59 Å². The van der Waals surface area contributed by atoms with Gasteiger partial charge in [-0.15, -0.1) is 0 Å². The van der Waals surface area contributed by atoms with E-state index in [2.05, 4.69) is 0 Å². The Morgan fingerprint density at radius 2 is 1.63 bits per heavy atom. The number of rotatable bonds is 5. The monoisotopic (exact) mass is 526 g/mol. The van der Waals surface area contributed by atoms with E-state index >= 15 is 0 Å². The minimum atomic E-state index is -1.53. The van der Waals surface area contributed by atoms with Crippen molar-refractivity contribution in [3.05, 3.63) is 63.7 Å². The van der Waals surface area contributed by atoms with E-state index < -0.39 is 48.1 Å². The molecule has 5 atom stereocenters. The topological polar surface area (TPSA) is 149 Å². The lowest BCUT2D eigenvalue weighted by molar-refractivity contribution is -0.217. The molecule has 2 aliphatic rings. The molecule has 1 heterocycles. The van der Waals surface area contributed by atoms with Crippen molar-refractivity contribution in [2.45, 2.75) is 58.0 Å². The van der Waals surface area contributed by atoms with Crippen molar-refractivity contribution in [2.24, 2.45) is 0 Å². The number of hydrogen-bond acceptors (Lipinski definition) is 10. The smallest absolute Gasteiger partial charge is 0.331 e. The second-order valence-corrected chi connectivity index (χ2v) is 9.73. The summed E-state index contributed by atoms with van der Waals surface area (Å²) < 4.78 is 22.2. The van der Waals surface area contributed by atoms with E-state index in [1.165, 1.54) is 32.2 Å². The van der Waals surface area contributed by atoms with Crippen LogP contribution in [0.15, 0.2) is 35.9 Å². The first kappa shape index (κ1) is 27.2. The molecule has 1 aliphatic carbocycles. The summed E-state index contributed by atoms with van der Waals surface area (Å²) >= 11 is 0. The van der Waals surface area contributed by atoms with Crippen LogP contribution < -0.4 is 4.74 Å². The van der Waals surface area contributed by atoms with Crippen LogP contribution in [-0.2, 0) is 23.8 Å². The zero-order valence-corrected chi connectivity index (χ0v) is 21.7. The number of phenolic OH excluding ortho intramolecular Hbond substituents is 2. The summed E-state index contributed by atoms with van der Waals surface area (Å²) in [5, 5.41) is 33.1. The fraction of sp³-hybridized carbons (Fsp3) is 0.393. The molecule has 2 aromatic carbocycles. The first-order valence-electron chi connectivity index (χ1n) is 12.0. The highest BCUT2D eigenvalue weighted by Crippen LogP contribution is 2.48. The lowest BCUT2D eigenvalue weighted by atomic mass is 9.71. The van der Waals surface area contributed by atoms with Crippen molar-refractivity contribution in [3.8, 4) is 17.2 Å². The zero-order valence-electron chi connectivity index (χ0n) is 21.7. The third-order valence-electron chi connectivity index (χ3n) is 6.57. The van der Waals surface area contributed by atoms with E-state index in [0.717, 1.165) is 0 Å². The summed E-state index contributed by atoms with van der Waals surface area (Å²) in [5.74, 6) is -3.28. The van der Waals surface area contributed by atoms with Crippen LogP contribution in [0.5, 0.6) is 17.2 Å². The van der Waals surface area contributed by atoms with Crippen molar-refractivity contribution in [1.82, 2.24) is 0 Å². The van der Waals surface area contributed by atoms with Crippen molar-refractivity contribution in [1.29, 1.82) is 0 Å². The van der Waals surface area contributed by atoms with Crippen LogP contribution in [0.3, 0.4) is 0 Å². The first-order valence-corrected chi connectivity index (χ1v) is 12.0. The molecule has 0 amide bonds. The fourth-order valence-corrected chi connectivity index (χ4v) is 5.13. The summed E-state index contributed by atoms with van der Waals surface area (Å²) in [7, 11) is 1.40. The SMILES string of the molecule is COc1cc(O)c2c(c1)[C@H]([C@H]1OC[C@H](OC(C)=O)[C@H](OC(=O)C=C(C)C)[C@H]1O)c1cc(C)cc(O)c1C2=O. The summed E-state index contributed by atoms with van der Waals surface area (Å²) in [5.41, 5.74) is 1.86. The Hall–Kier alpha value is -3.89. The lowest BCUT2D eigenvalue weighted by Crippen LogP contribution is -2.58. The maximum atomic E-state index is 13.5. The van der Waals surface area contributed by atoms with E-state index in [9.17, 15) is 29.7 Å². The Bertz CT molecular complexity index is 1320. The third-order valence-corrected chi connectivity index (χ3v) is 6.57. The van der Waals surface area contributed by atoms with Crippen molar-refractivity contribution < 1.29 is 48.7 Å². The Morgan fingerprint density at radius 3 is 2.24 bits per heavy atom. The van der Waals surface area contributed by atoms with E-state index in [4.69, 9.17) is 18.9 Å². The minimum Gasteiger partial charge on any atom is -0.507 e. The number of hydrogen-bond donors (Lipinski definition) is 3. The van der Waals surface area contributed by atoms with Crippen LogP contribution in [0.1, 0.15) is 59.3 Å². The third kappa shape index (κ3) is 4.97. The molecule has 1 fully saturated rings. The van der Waals surface area contributed by atoms with Crippen LogP contribution in [-0.4, -0.2) is 71.2 Å². The molecule has 0 radical (unpaired) electrons. The molecule has 0 aromatic heterocycles. The molecule has 0 saturated carbocycles. The second kappa shape index (κ2) is 10.5. The number of ketones is 1. The molecule has 1 saturated heterocycles. The number of fused-ring (bicyclic) bond motifs is 2. The molecule has 0 spiro atoms. The van der Waals surface area contributed by atoms with Gasteiger partial charge in [-0.25, -0.2) is 4.79 Å². The largest absolute Gasteiger partial charge is 0.507 e. The highest BCUT2D eigenvalue weighted by atomic mass is 16.6. The Balaban J connectivity index is 1.87. The van der Waals surface area contributed by atoms with Gasteiger partial charge in [0.2, 0.25) is 5.78 Å². The fourth-order valence-electron chi connectivity index (χ4n) is 5.13. The van der Waals surface area contributed by atoms with Gasteiger partial charge in [0.1, 0.15) is 23.4 Å². The zero-order chi connectivity index (χ0) is 27.9. The number of methoxy groups -OCH3 is 1. The molecular formula is C28H30O10. The van der Waals surface area contributed by atoms with Gasteiger partial charge in [0.05, 0.1) is 30.9 Å². The maximum Gasteiger partial charge on any atom is 0.331 e. The van der Waals surface area contributed by atoms with E-state index in [-0.39, 0.29) is 35.0 Å². The molecule has 10 heteroatoms. The molecular weight excluding hydrogens is 496 g/mol. The Morgan fingerprint density at radius 1 is 1.00 bits per heavy atom. The number of aryl methyl sites for hydroxylation is 1. The lowest BCUT2D eigenvalue weighted by Gasteiger charge is -2.43. The highest BCUT2D eigenvalue weighted by molar-refractivity contribution is 6.16. The normalized spacial score (nSPS) is 24.1. The summed E-state index contributed by atoms with van der Waals surface area (Å²) in [6, 6.07) is 5.95. The summed E-state index contributed by atoms with van der Waals surface area (Å²) in [6.07, 6.45) is -3.82. The first-order chi connectivity index (χ1) is 17.9. The number of benzene rings is 2. The molecule has 2 aromatic rings.